The second-order valence-corrected chi connectivity index (χ2v) is 4.69. The molecular weight excluding hydrogens is 242 g/mol. The monoisotopic (exact) mass is 255 g/mol. The van der Waals surface area contributed by atoms with Gasteiger partial charge in [-0.2, -0.15) is 0 Å². The molecule has 2 aromatic rings. The molecule has 19 heavy (non-hydrogen) atoms. The van der Waals surface area contributed by atoms with Crippen molar-refractivity contribution < 1.29 is 15.0 Å². The van der Waals surface area contributed by atoms with Crippen molar-refractivity contribution in [1.82, 2.24) is 4.98 Å². The topological polar surface area (TPSA) is 70.4 Å². The second kappa shape index (κ2) is 4.39. The highest BCUT2D eigenvalue weighted by molar-refractivity contribution is 5.95. The SMILES string of the molecule is O=C(O)c1cc2ccc(C3=CCCC3)cc2nc1O. The van der Waals surface area contributed by atoms with E-state index in [0.717, 1.165) is 23.8 Å². The van der Waals surface area contributed by atoms with Crippen LogP contribution in [-0.2, 0) is 0 Å². The first kappa shape index (κ1) is 11.7. The first-order valence-electron chi connectivity index (χ1n) is 6.21. The van der Waals surface area contributed by atoms with Crippen LogP contribution in [0.1, 0.15) is 35.2 Å². The summed E-state index contributed by atoms with van der Waals surface area (Å²) in [6.45, 7) is 0. The predicted molar refractivity (Wildman–Crippen MR) is 72.2 cm³/mol. The highest BCUT2D eigenvalue weighted by Crippen LogP contribution is 2.30. The standard InChI is InChI=1S/C15H13NO3/c17-14-12(15(18)19)7-11-6-5-10(8-13(11)16-14)9-3-1-2-4-9/h3,5-8H,1-2,4H2,(H,16,17)(H,18,19). The molecule has 96 valence electrons. The molecule has 0 saturated heterocycles. The molecule has 3 rings (SSSR count). The Morgan fingerprint density at radius 1 is 1.26 bits per heavy atom. The van der Waals surface area contributed by atoms with Crippen LogP contribution >= 0.6 is 0 Å². The number of fused-ring (bicyclic) bond motifs is 1. The number of aromatic hydroxyl groups is 1. The van der Waals surface area contributed by atoms with Gasteiger partial charge in [0.2, 0.25) is 5.88 Å². The summed E-state index contributed by atoms with van der Waals surface area (Å²) in [5.74, 6) is -1.60. The Kier molecular flexibility index (Phi) is 2.71. The van der Waals surface area contributed by atoms with Crippen molar-refractivity contribution >= 4 is 22.4 Å². The molecule has 4 nitrogen and oxygen atoms in total. The van der Waals surface area contributed by atoms with Gasteiger partial charge in [-0.3, -0.25) is 0 Å². The summed E-state index contributed by atoms with van der Waals surface area (Å²) in [6.07, 6.45) is 5.55. The van der Waals surface area contributed by atoms with Crippen molar-refractivity contribution in [2.75, 3.05) is 0 Å². The van der Waals surface area contributed by atoms with Crippen LogP contribution < -0.4 is 0 Å². The van der Waals surface area contributed by atoms with Gasteiger partial charge in [-0.1, -0.05) is 18.2 Å². The Morgan fingerprint density at radius 3 is 2.79 bits per heavy atom. The first-order valence-corrected chi connectivity index (χ1v) is 6.21. The lowest BCUT2D eigenvalue weighted by Crippen LogP contribution is -1.98. The quantitative estimate of drug-likeness (QED) is 0.864. The Morgan fingerprint density at radius 2 is 2.11 bits per heavy atom. The van der Waals surface area contributed by atoms with E-state index in [1.807, 2.05) is 18.2 Å². The summed E-state index contributed by atoms with van der Waals surface area (Å²) in [7, 11) is 0. The third-order valence-corrected chi connectivity index (χ3v) is 3.44. The zero-order chi connectivity index (χ0) is 13.4. The van der Waals surface area contributed by atoms with Crippen molar-refractivity contribution in [1.29, 1.82) is 0 Å². The minimum absolute atomic E-state index is 0.166. The number of allylic oxidation sites excluding steroid dienone is 2. The zero-order valence-corrected chi connectivity index (χ0v) is 10.3. The Hall–Kier alpha value is -2.36. The minimum atomic E-state index is -1.17. The highest BCUT2D eigenvalue weighted by atomic mass is 16.4. The molecule has 1 aromatic carbocycles. The number of carboxylic acid groups (broad SMARTS) is 1. The van der Waals surface area contributed by atoms with E-state index < -0.39 is 11.8 Å². The first-order chi connectivity index (χ1) is 9.15. The van der Waals surface area contributed by atoms with Crippen molar-refractivity contribution in [3.8, 4) is 5.88 Å². The lowest BCUT2D eigenvalue weighted by molar-refractivity contribution is 0.0693. The Labute approximate surface area is 110 Å². The Balaban J connectivity index is 2.14. The fraction of sp³-hybridized carbons (Fsp3) is 0.200. The van der Waals surface area contributed by atoms with Crippen molar-refractivity contribution in [3.63, 3.8) is 0 Å². The number of hydrogen-bond acceptors (Lipinski definition) is 3. The number of aromatic carboxylic acids is 1. The molecular formula is C15H13NO3. The molecule has 0 spiro atoms. The van der Waals surface area contributed by atoms with E-state index in [2.05, 4.69) is 11.1 Å². The number of carbonyl (C=O) groups is 1. The molecule has 0 fully saturated rings. The van der Waals surface area contributed by atoms with E-state index in [9.17, 15) is 9.90 Å². The Bertz CT molecular complexity index is 704. The minimum Gasteiger partial charge on any atom is -0.493 e. The maximum atomic E-state index is 10.9. The van der Waals surface area contributed by atoms with Gasteiger partial charge in [0.1, 0.15) is 5.56 Å². The average Bonchev–Trinajstić information content (AvgIpc) is 2.90. The number of carboxylic acids is 1. The number of nitrogens with zero attached hydrogens (tertiary/aromatic N) is 1. The second-order valence-electron chi connectivity index (χ2n) is 4.69. The van der Waals surface area contributed by atoms with Crippen LogP contribution in [0, 0.1) is 0 Å². The third-order valence-electron chi connectivity index (χ3n) is 3.44. The molecule has 0 unspecified atom stereocenters. The number of hydrogen-bond donors (Lipinski definition) is 2. The molecule has 2 N–H and O–H groups in total. The molecule has 0 radical (unpaired) electrons. The van der Waals surface area contributed by atoms with Gasteiger partial charge in [0.05, 0.1) is 5.52 Å². The lowest BCUT2D eigenvalue weighted by atomic mass is 10.0. The summed E-state index contributed by atoms with van der Waals surface area (Å²) >= 11 is 0. The third kappa shape index (κ3) is 2.05. The van der Waals surface area contributed by atoms with Crippen LogP contribution in [0.4, 0.5) is 0 Å². The molecule has 0 amide bonds. The number of pyridine rings is 1. The highest BCUT2D eigenvalue weighted by Gasteiger charge is 2.14. The van der Waals surface area contributed by atoms with Gasteiger partial charge < -0.3 is 10.2 Å². The van der Waals surface area contributed by atoms with Gasteiger partial charge in [-0.15, -0.1) is 0 Å². The summed E-state index contributed by atoms with van der Waals surface area (Å²) in [6, 6.07) is 7.18. The molecule has 0 bridgehead atoms. The van der Waals surface area contributed by atoms with Crippen LogP contribution in [0.2, 0.25) is 0 Å². The average molecular weight is 255 g/mol. The molecule has 0 aliphatic heterocycles. The summed E-state index contributed by atoms with van der Waals surface area (Å²) in [4.78, 5) is 14.9. The molecule has 4 heteroatoms. The van der Waals surface area contributed by atoms with Crippen molar-refractivity contribution in [2.24, 2.45) is 0 Å². The maximum Gasteiger partial charge on any atom is 0.341 e. The maximum absolute atomic E-state index is 10.9. The van der Waals surface area contributed by atoms with Gasteiger partial charge in [0, 0.05) is 5.39 Å². The van der Waals surface area contributed by atoms with Gasteiger partial charge in [0.15, 0.2) is 0 Å². The van der Waals surface area contributed by atoms with Crippen LogP contribution in [0.3, 0.4) is 0 Å². The van der Waals surface area contributed by atoms with Crippen molar-refractivity contribution in [2.45, 2.75) is 19.3 Å². The molecule has 0 atom stereocenters. The van der Waals surface area contributed by atoms with Gasteiger partial charge in [0.25, 0.3) is 0 Å². The summed E-state index contributed by atoms with van der Waals surface area (Å²) in [5.41, 5.74) is 2.85. The molecule has 1 aliphatic carbocycles. The van der Waals surface area contributed by atoms with Crippen LogP contribution in [-0.4, -0.2) is 21.2 Å². The molecule has 0 saturated carbocycles. The lowest BCUT2D eigenvalue weighted by Gasteiger charge is -2.06. The molecule has 1 heterocycles. The number of benzene rings is 1. The fourth-order valence-electron chi connectivity index (χ4n) is 2.45. The van der Waals surface area contributed by atoms with E-state index in [-0.39, 0.29) is 5.56 Å². The van der Waals surface area contributed by atoms with Crippen LogP contribution in [0.5, 0.6) is 5.88 Å². The van der Waals surface area contributed by atoms with Crippen LogP contribution in [0.25, 0.3) is 16.5 Å². The fourth-order valence-corrected chi connectivity index (χ4v) is 2.45. The van der Waals surface area contributed by atoms with E-state index in [1.54, 1.807) is 0 Å². The van der Waals surface area contributed by atoms with E-state index >= 15 is 0 Å². The normalized spacial score (nSPS) is 14.6. The number of aromatic nitrogens is 1. The van der Waals surface area contributed by atoms with E-state index in [1.165, 1.54) is 18.1 Å². The smallest absolute Gasteiger partial charge is 0.341 e. The predicted octanol–water partition coefficient (Wildman–Crippen LogP) is 3.21. The van der Waals surface area contributed by atoms with E-state index in [0.29, 0.717) is 5.52 Å². The van der Waals surface area contributed by atoms with Crippen LogP contribution in [0.15, 0.2) is 30.3 Å². The van der Waals surface area contributed by atoms with Crippen molar-refractivity contribution in [3.05, 3.63) is 41.5 Å². The summed E-state index contributed by atoms with van der Waals surface area (Å²) < 4.78 is 0. The van der Waals surface area contributed by atoms with Gasteiger partial charge >= 0.3 is 5.97 Å². The zero-order valence-electron chi connectivity index (χ0n) is 10.3. The summed E-state index contributed by atoms with van der Waals surface area (Å²) in [5, 5.41) is 19.3. The number of rotatable bonds is 2. The van der Waals surface area contributed by atoms with Gasteiger partial charge in [-0.25, -0.2) is 9.78 Å². The molecule has 1 aliphatic rings. The largest absolute Gasteiger partial charge is 0.493 e. The molecule has 1 aromatic heterocycles. The van der Waals surface area contributed by atoms with E-state index in [4.69, 9.17) is 5.11 Å². The van der Waals surface area contributed by atoms with Gasteiger partial charge in [-0.05, 0) is 42.5 Å².